The number of halogens is 3. The van der Waals surface area contributed by atoms with Crippen LogP contribution in [0.4, 0.5) is 13.2 Å². The third-order valence-electron chi connectivity index (χ3n) is 5.23. The summed E-state index contributed by atoms with van der Waals surface area (Å²) in [7, 11) is 0. The van der Waals surface area contributed by atoms with E-state index in [9.17, 15) is 18.0 Å². The van der Waals surface area contributed by atoms with Gasteiger partial charge in [-0.25, -0.2) is 4.98 Å². The maximum absolute atomic E-state index is 13.6. The van der Waals surface area contributed by atoms with E-state index in [1.165, 1.54) is 6.92 Å². The maximum Gasteiger partial charge on any atom is 0.417 e. The van der Waals surface area contributed by atoms with E-state index in [1.54, 1.807) is 4.90 Å². The highest BCUT2D eigenvalue weighted by Gasteiger charge is 2.39. The number of pyridine rings is 1. The number of hydrogen-bond donors (Lipinski definition) is 0. The molecule has 2 saturated heterocycles. The van der Waals surface area contributed by atoms with Crippen LogP contribution in [0.3, 0.4) is 0 Å². The van der Waals surface area contributed by atoms with Crippen molar-refractivity contribution in [1.82, 2.24) is 15.0 Å². The molecule has 2 aliphatic rings. The van der Waals surface area contributed by atoms with Crippen molar-refractivity contribution in [1.29, 1.82) is 0 Å². The van der Waals surface area contributed by atoms with Crippen molar-refractivity contribution in [3.63, 3.8) is 0 Å². The first kappa shape index (κ1) is 18.2. The number of carbonyl (C=O) groups excluding carboxylic acids is 1. The number of carbonyl (C=O) groups is 1. The largest absolute Gasteiger partial charge is 0.417 e. The minimum absolute atomic E-state index is 0.0879. The lowest BCUT2D eigenvalue weighted by Crippen LogP contribution is -2.44. The van der Waals surface area contributed by atoms with Gasteiger partial charge in [-0.15, -0.1) is 0 Å². The number of aryl methyl sites for hydroxylation is 1. The minimum Gasteiger partial charge on any atom is -0.368 e. The number of likely N-dealkylation sites (tertiary alicyclic amines) is 1. The topological polar surface area (TPSA) is 68.5 Å². The van der Waals surface area contributed by atoms with Crippen LogP contribution in [-0.2, 0) is 15.7 Å². The molecule has 0 radical (unpaired) electrons. The van der Waals surface area contributed by atoms with Gasteiger partial charge in [-0.05, 0) is 38.7 Å². The summed E-state index contributed by atoms with van der Waals surface area (Å²) in [6, 6.07) is 1.02. The van der Waals surface area contributed by atoms with Gasteiger partial charge in [0.15, 0.2) is 0 Å². The summed E-state index contributed by atoms with van der Waals surface area (Å²) in [4.78, 5) is 18.3. The number of fused-ring (bicyclic) bond motifs is 1. The van der Waals surface area contributed by atoms with E-state index >= 15 is 0 Å². The van der Waals surface area contributed by atoms with E-state index in [2.05, 4.69) is 10.1 Å². The molecule has 2 aliphatic heterocycles. The number of ether oxygens (including phenoxy) is 1. The highest BCUT2D eigenvalue weighted by Crippen LogP contribution is 2.40. The van der Waals surface area contributed by atoms with E-state index in [1.807, 2.05) is 0 Å². The van der Waals surface area contributed by atoms with Crippen molar-refractivity contribution in [2.24, 2.45) is 0 Å². The van der Waals surface area contributed by atoms with E-state index in [-0.39, 0.29) is 34.3 Å². The molecule has 0 N–H and O–H groups in total. The van der Waals surface area contributed by atoms with E-state index in [0.29, 0.717) is 39.0 Å². The second-order valence-corrected chi connectivity index (χ2v) is 7.18. The smallest absolute Gasteiger partial charge is 0.368 e. The molecule has 4 heterocycles. The molecule has 27 heavy (non-hydrogen) atoms. The van der Waals surface area contributed by atoms with Gasteiger partial charge in [0.2, 0.25) is 0 Å². The molecule has 9 heteroatoms. The fourth-order valence-electron chi connectivity index (χ4n) is 3.98. The Balaban J connectivity index is 1.66. The van der Waals surface area contributed by atoms with Gasteiger partial charge in [0.1, 0.15) is 6.10 Å². The molecule has 0 bridgehead atoms. The lowest BCUT2D eigenvalue weighted by molar-refractivity contribution is -0.142. The molecule has 0 unspecified atom stereocenters. The lowest BCUT2D eigenvalue weighted by Gasteiger charge is -2.33. The summed E-state index contributed by atoms with van der Waals surface area (Å²) in [5.41, 5.74) is -0.449. The summed E-state index contributed by atoms with van der Waals surface area (Å²) in [6.07, 6.45) is -2.10. The maximum atomic E-state index is 13.6. The molecule has 2 aromatic rings. The van der Waals surface area contributed by atoms with Crippen molar-refractivity contribution in [3.05, 3.63) is 23.0 Å². The van der Waals surface area contributed by atoms with Crippen LogP contribution in [0.15, 0.2) is 10.6 Å². The molecule has 1 amide bonds. The summed E-state index contributed by atoms with van der Waals surface area (Å²) in [6.45, 7) is 2.95. The number of aromatic nitrogens is 2. The number of alkyl halides is 3. The minimum atomic E-state index is -4.53. The SMILES string of the molecule is Cc1cc(C(F)(F)F)c2c([C@H]3CCCN(C(=O)[C@H]4CCCO4)C3)noc2n1. The molecule has 4 rings (SSSR count). The number of hydrogen-bond acceptors (Lipinski definition) is 5. The Morgan fingerprint density at radius 1 is 1.30 bits per heavy atom. The van der Waals surface area contributed by atoms with Crippen LogP contribution in [-0.4, -0.2) is 46.7 Å². The Morgan fingerprint density at radius 2 is 2.11 bits per heavy atom. The average molecular weight is 383 g/mol. The Hall–Kier alpha value is -2.16. The lowest BCUT2D eigenvalue weighted by atomic mass is 9.91. The highest BCUT2D eigenvalue weighted by atomic mass is 19.4. The second kappa shape index (κ2) is 6.78. The average Bonchev–Trinajstić information content (AvgIpc) is 3.29. The van der Waals surface area contributed by atoms with Crippen molar-refractivity contribution < 1.29 is 27.2 Å². The molecule has 2 aromatic heterocycles. The van der Waals surface area contributed by atoms with Crippen molar-refractivity contribution in [2.75, 3.05) is 19.7 Å². The van der Waals surface area contributed by atoms with Crippen LogP contribution in [0.5, 0.6) is 0 Å². The molecule has 2 fully saturated rings. The van der Waals surface area contributed by atoms with E-state index in [0.717, 1.165) is 12.5 Å². The van der Waals surface area contributed by atoms with Gasteiger partial charge < -0.3 is 14.2 Å². The number of nitrogens with zero attached hydrogens (tertiary/aromatic N) is 3. The molecular formula is C18H20F3N3O3. The molecule has 0 aliphatic carbocycles. The van der Waals surface area contributed by atoms with Gasteiger partial charge in [0, 0.05) is 31.3 Å². The fraction of sp³-hybridized carbons (Fsp3) is 0.611. The first-order valence-corrected chi connectivity index (χ1v) is 9.09. The predicted molar refractivity (Wildman–Crippen MR) is 89.1 cm³/mol. The Bertz CT molecular complexity index is 859. The Kier molecular flexibility index (Phi) is 4.57. The summed E-state index contributed by atoms with van der Waals surface area (Å²) >= 11 is 0. The third kappa shape index (κ3) is 3.40. The first-order chi connectivity index (χ1) is 12.8. The van der Waals surface area contributed by atoms with Crippen LogP contribution in [0.1, 0.15) is 48.6 Å². The van der Waals surface area contributed by atoms with Crippen LogP contribution >= 0.6 is 0 Å². The standard InChI is InChI=1S/C18H20F3N3O3/c1-10-8-12(18(19,20)21)14-15(23-27-16(14)22-10)11-4-2-6-24(9-11)17(25)13-5-3-7-26-13/h8,11,13H,2-7,9H2,1H3/t11-,13+/m0/s1. The molecule has 146 valence electrons. The zero-order chi connectivity index (χ0) is 19.2. The summed E-state index contributed by atoms with van der Waals surface area (Å²) < 4.78 is 51.2. The number of amides is 1. The third-order valence-corrected chi connectivity index (χ3v) is 5.23. The number of piperidine rings is 1. The molecule has 0 spiro atoms. The Morgan fingerprint density at radius 3 is 2.81 bits per heavy atom. The number of rotatable bonds is 2. The molecule has 2 atom stereocenters. The van der Waals surface area contributed by atoms with Crippen LogP contribution < -0.4 is 0 Å². The molecule has 0 aromatic carbocycles. The van der Waals surface area contributed by atoms with Crippen LogP contribution in [0.2, 0.25) is 0 Å². The van der Waals surface area contributed by atoms with Gasteiger partial charge in [0.25, 0.3) is 11.6 Å². The van der Waals surface area contributed by atoms with Crippen LogP contribution in [0.25, 0.3) is 11.1 Å². The van der Waals surface area contributed by atoms with E-state index < -0.39 is 17.8 Å². The summed E-state index contributed by atoms with van der Waals surface area (Å²) in [5.74, 6) is -0.411. The normalized spacial score (nSPS) is 23.9. The monoisotopic (exact) mass is 383 g/mol. The molecule has 0 saturated carbocycles. The Labute approximate surface area is 153 Å². The van der Waals surface area contributed by atoms with Gasteiger partial charge >= 0.3 is 6.18 Å². The highest BCUT2D eigenvalue weighted by molar-refractivity contribution is 5.83. The van der Waals surface area contributed by atoms with Crippen LogP contribution in [0, 0.1) is 6.92 Å². The molecular weight excluding hydrogens is 363 g/mol. The zero-order valence-electron chi connectivity index (χ0n) is 14.9. The fourth-order valence-corrected chi connectivity index (χ4v) is 3.98. The van der Waals surface area contributed by atoms with Crippen molar-refractivity contribution >= 4 is 17.0 Å². The van der Waals surface area contributed by atoms with Gasteiger partial charge in [-0.2, -0.15) is 13.2 Å². The van der Waals surface area contributed by atoms with Crippen molar-refractivity contribution in [3.8, 4) is 0 Å². The van der Waals surface area contributed by atoms with E-state index in [4.69, 9.17) is 9.26 Å². The quantitative estimate of drug-likeness (QED) is 0.795. The second-order valence-electron chi connectivity index (χ2n) is 7.18. The molecule has 6 nitrogen and oxygen atoms in total. The van der Waals surface area contributed by atoms with Gasteiger partial charge in [-0.1, -0.05) is 5.16 Å². The van der Waals surface area contributed by atoms with Gasteiger partial charge in [-0.3, -0.25) is 4.79 Å². The predicted octanol–water partition coefficient (Wildman–Crippen LogP) is 3.44. The first-order valence-electron chi connectivity index (χ1n) is 9.09. The zero-order valence-corrected chi connectivity index (χ0v) is 14.9. The van der Waals surface area contributed by atoms with Crippen molar-refractivity contribution in [2.45, 2.75) is 50.8 Å². The van der Waals surface area contributed by atoms with Gasteiger partial charge in [0.05, 0.1) is 16.6 Å². The summed E-state index contributed by atoms with van der Waals surface area (Å²) in [5, 5.41) is 3.83.